The van der Waals surface area contributed by atoms with Crippen molar-refractivity contribution in [1.29, 1.82) is 0 Å². The quantitative estimate of drug-likeness (QED) is 0.202. The van der Waals surface area contributed by atoms with Crippen LogP contribution in [0.1, 0.15) is 6.23 Å². The van der Waals surface area contributed by atoms with Crippen molar-refractivity contribution >= 4 is 19.3 Å². The first kappa shape index (κ1) is 21.2. The number of aliphatic hydroxyl groups excluding tert-OH is 3. The van der Waals surface area contributed by atoms with Crippen LogP contribution in [0.15, 0.2) is 15.8 Å². The van der Waals surface area contributed by atoms with E-state index in [1.54, 1.807) is 0 Å². The minimum absolute atomic E-state index is 0.548. The van der Waals surface area contributed by atoms with E-state index in [-0.39, 0.29) is 0 Å². The van der Waals surface area contributed by atoms with Gasteiger partial charge in [0.1, 0.15) is 30.0 Å². The lowest BCUT2D eigenvalue weighted by molar-refractivity contribution is -0.137. The predicted octanol–water partition coefficient (Wildman–Crippen LogP) is -3.81. The lowest BCUT2D eigenvalue weighted by Gasteiger charge is -2.20. The molecule has 2 heterocycles. The molecule has 0 saturated carbocycles. The molecule has 1 fully saturated rings. The van der Waals surface area contributed by atoms with Crippen LogP contribution < -0.4 is 16.6 Å². The minimum Gasteiger partial charge on any atom is -0.480 e. The summed E-state index contributed by atoms with van der Waals surface area (Å²) in [5, 5.41) is 40.0. The van der Waals surface area contributed by atoms with Gasteiger partial charge in [-0.25, -0.2) is 9.59 Å². The summed E-state index contributed by atoms with van der Waals surface area (Å²) in [6, 6.07) is -1.86. The lowest BCUT2D eigenvalue weighted by Crippen LogP contribution is -2.40. The molecule has 27 heavy (non-hydrogen) atoms. The van der Waals surface area contributed by atoms with Crippen molar-refractivity contribution in [3.8, 4) is 0 Å². The number of nitrogens with one attached hydrogen (secondary N) is 2. The van der Waals surface area contributed by atoms with Gasteiger partial charge in [0.05, 0.1) is 12.8 Å². The average Bonchev–Trinajstić information content (AvgIpc) is 2.83. The van der Waals surface area contributed by atoms with Gasteiger partial charge in [-0.2, -0.15) is 0 Å². The van der Waals surface area contributed by atoms with Crippen LogP contribution in [0.3, 0.4) is 0 Å². The number of anilines is 1. The summed E-state index contributed by atoms with van der Waals surface area (Å²) in [5.74, 6) is -1.66. The Morgan fingerprint density at radius 1 is 1.33 bits per heavy atom. The van der Waals surface area contributed by atoms with E-state index in [4.69, 9.17) is 24.7 Å². The molecule has 8 N–H and O–H groups in total. The van der Waals surface area contributed by atoms with Gasteiger partial charge < -0.3 is 40.3 Å². The third-order valence-electron chi connectivity index (χ3n) is 3.81. The Kier molecular flexibility index (Phi) is 6.21. The highest BCUT2D eigenvalue weighted by Gasteiger charge is 2.44. The molecule has 0 spiro atoms. The Bertz CT molecular complexity index is 861. The summed E-state index contributed by atoms with van der Waals surface area (Å²) in [5.41, 5.74) is -2.70. The van der Waals surface area contributed by atoms with Crippen molar-refractivity contribution < 1.29 is 44.3 Å². The van der Waals surface area contributed by atoms with Crippen molar-refractivity contribution in [1.82, 2.24) is 9.55 Å². The monoisotopic (exact) mass is 411 g/mol. The molecule has 0 bridgehead atoms. The number of aliphatic carboxylic acids is 1. The molecule has 0 aliphatic carbocycles. The van der Waals surface area contributed by atoms with E-state index >= 15 is 0 Å². The second-order valence-corrected chi connectivity index (χ2v) is 7.52. The summed E-state index contributed by atoms with van der Waals surface area (Å²) in [6.07, 6.45) is -6.25. The van der Waals surface area contributed by atoms with Gasteiger partial charge in [-0.15, -0.1) is 0 Å². The molecular formula is C12H18N3O11P. The number of ether oxygens (including phenoxy) is 1. The van der Waals surface area contributed by atoms with Gasteiger partial charge in [0.2, 0.25) is 0 Å². The van der Waals surface area contributed by atoms with Gasteiger partial charge in [0.25, 0.3) is 5.56 Å². The van der Waals surface area contributed by atoms with Crippen molar-refractivity contribution in [2.75, 3.05) is 18.1 Å². The fourth-order valence-electron chi connectivity index (χ4n) is 2.50. The SMILES string of the molecule is O=C(O)[C@H](CP(=O)(O)O)Nc1cn([C@@H]2O[C@H](CO)[C@@H](O)[C@H]2O)c(=O)[nH]c1=O. The Morgan fingerprint density at radius 3 is 2.44 bits per heavy atom. The maximum Gasteiger partial charge on any atom is 0.330 e. The molecule has 1 aromatic rings. The fourth-order valence-corrected chi connectivity index (χ4v) is 3.22. The van der Waals surface area contributed by atoms with E-state index in [0.29, 0.717) is 4.57 Å². The Morgan fingerprint density at radius 2 is 1.96 bits per heavy atom. The molecule has 5 atom stereocenters. The Labute approximate surface area is 149 Å². The van der Waals surface area contributed by atoms with E-state index in [2.05, 4.69) is 5.32 Å². The largest absolute Gasteiger partial charge is 0.480 e. The number of hydrogen-bond donors (Lipinski definition) is 8. The zero-order valence-corrected chi connectivity index (χ0v) is 14.4. The molecule has 14 nitrogen and oxygen atoms in total. The van der Waals surface area contributed by atoms with Gasteiger partial charge >= 0.3 is 19.3 Å². The van der Waals surface area contributed by atoms with Crippen LogP contribution in [-0.2, 0) is 14.1 Å². The zero-order valence-electron chi connectivity index (χ0n) is 13.5. The first-order valence-electron chi connectivity index (χ1n) is 7.46. The summed E-state index contributed by atoms with van der Waals surface area (Å²) >= 11 is 0. The third kappa shape index (κ3) is 4.81. The molecule has 1 aliphatic rings. The van der Waals surface area contributed by atoms with Crippen LogP contribution in [0.25, 0.3) is 0 Å². The molecule has 1 aromatic heterocycles. The van der Waals surface area contributed by atoms with Crippen LogP contribution >= 0.6 is 7.60 Å². The van der Waals surface area contributed by atoms with Gasteiger partial charge in [0.15, 0.2) is 6.23 Å². The van der Waals surface area contributed by atoms with E-state index in [1.807, 2.05) is 4.98 Å². The normalized spacial score (nSPS) is 26.7. The number of hydrogen-bond acceptors (Lipinski definition) is 9. The lowest BCUT2D eigenvalue weighted by atomic mass is 10.1. The molecule has 0 amide bonds. The van der Waals surface area contributed by atoms with Crippen LogP contribution in [0.5, 0.6) is 0 Å². The van der Waals surface area contributed by atoms with Gasteiger partial charge in [-0.05, 0) is 0 Å². The summed E-state index contributed by atoms with van der Waals surface area (Å²) < 4.78 is 16.8. The van der Waals surface area contributed by atoms with Crippen molar-refractivity contribution in [3.63, 3.8) is 0 Å². The van der Waals surface area contributed by atoms with Crippen molar-refractivity contribution in [2.45, 2.75) is 30.6 Å². The maximum absolute atomic E-state index is 12.0. The fraction of sp³-hybridized carbons (Fsp3) is 0.583. The average molecular weight is 411 g/mol. The summed E-state index contributed by atoms with van der Waals surface area (Å²) in [6.45, 7) is -0.665. The number of carboxylic acids is 1. The van der Waals surface area contributed by atoms with Crippen LogP contribution in [0, 0.1) is 0 Å². The minimum atomic E-state index is -4.75. The van der Waals surface area contributed by atoms with Crippen molar-refractivity contribution in [3.05, 3.63) is 27.0 Å². The molecule has 0 radical (unpaired) electrons. The predicted molar refractivity (Wildman–Crippen MR) is 86.3 cm³/mol. The van der Waals surface area contributed by atoms with Gasteiger partial charge in [-0.1, -0.05) is 0 Å². The van der Waals surface area contributed by atoms with Gasteiger partial charge in [0, 0.05) is 6.20 Å². The Hall–Kier alpha value is -2.06. The maximum atomic E-state index is 12.0. The number of aromatic nitrogens is 2. The number of aromatic amines is 1. The zero-order chi connectivity index (χ0) is 20.5. The topological polar surface area (TPSA) is 232 Å². The Balaban J connectivity index is 2.39. The van der Waals surface area contributed by atoms with E-state index in [9.17, 15) is 29.2 Å². The standard InChI is InChI=1S/C12H18N3O11P/c16-2-6-7(17)8(18)10(26-6)15-1-4(9(19)14-12(15)22)13-5(11(20)21)3-27(23,24)25/h1,5-8,10,13,16-18H,2-3H2,(H,20,21)(H,14,19,22)(H2,23,24,25)/t5-,6+,7+,8+,10+/m0/s1. The first-order chi connectivity index (χ1) is 12.4. The van der Waals surface area contributed by atoms with E-state index in [0.717, 1.165) is 6.20 Å². The highest BCUT2D eigenvalue weighted by Crippen LogP contribution is 2.35. The summed E-state index contributed by atoms with van der Waals surface area (Å²) in [4.78, 5) is 54.7. The van der Waals surface area contributed by atoms with Crippen LogP contribution in [0.2, 0.25) is 0 Å². The second-order valence-electron chi connectivity index (χ2n) is 5.82. The summed E-state index contributed by atoms with van der Waals surface area (Å²) in [7, 11) is -4.75. The molecule has 0 unspecified atom stereocenters. The number of H-pyrrole nitrogens is 1. The number of carbonyl (C=O) groups is 1. The van der Waals surface area contributed by atoms with E-state index < -0.39 is 73.9 Å². The molecule has 0 aromatic carbocycles. The first-order valence-corrected chi connectivity index (χ1v) is 9.26. The van der Waals surface area contributed by atoms with Crippen LogP contribution in [0.4, 0.5) is 5.69 Å². The number of aliphatic hydroxyl groups is 3. The number of rotatable bonds is 7. The molecule has 1 saturated heterocycles. The van der Waals surface area contributed by atoms with Crippen molar-refractivity contribution in [2.24, 2.45) is 0 Å². The molecule has 1 aliphatic heterocycles. The molecule has 2 rings (SSSR count). The van der Waals surface area contributed by atoms with Gasteiger partial charge in [-0.3, -0.25) is 18.9 Å². The highest BCUT2D eigenvalue weighted by molar-refractivity contribution is 7.51. The van der Waals surface area contributed by atoms with E-state index in [1.165, 1.54) is 0 Å². The molecule has 152 valence electrons. The third-order valence-corrected chi connectivity index (χ3v) is 4.65. The highest BCUT2D eigenvalue weighted by atomic mass is 31.2. The second kappa shape index (κ2) is 7.90. The number of nitrogens with zero attached hydrogens (tertiary/aromatic N) is 1. The smallest absolute Gasteiger partial charge is 0.330 e. The number of carboxylic acid groups (broad SMARTS) is 1. The molecular weight excluding hydrogens is 393 g/mol. The molecule has 15 heteroatoms. The van der Waals surface area contributed by atoms with Crippen LogP contribution in [-0.4, -0.2) is 82.9 Å².